The van der Waals surface area contributed by atoms with Gasteiger partial charge in [0.1, 0.15) is 11.0 Å². The molecule has 1 aromatic carbocycles. The second-order valence-electron chi connectivity index (χ2n) is 5.51. The fourth-order valence-electron chi connectivity index (χ4n) is 2.78. The van der Waals surface area contributed by atoms with E-state index in [1.807, 2.05) is 43.5 Å². The molecule has 0 spiro atoms. The van der Waals surface area contributed by atoms with Gasteiger partial charge in [0, 0.05) is 27.6 Å². The Hall–Kier alpha value is -2.18. The van der Waals surface area contributed by atoms with Crippen LogP contribution in [0.25, 0.3) is 21.7 Å². The Morgan fingerprint density at radius 1 is 1.21 bits per heavy atom. The molecule has 0 amide bonds. The predicted molar refractivity (Wildman–Crippen MR) is 100 cm³/mol. The number of H-pyrrole nitrogens is 1. The summed E-state index contributed by atoms with van der Waals surface area (Å²) >= 11 is 9.86. The lowest BCUT2D eigenvalue weighted by atomic mass is 10.1. The van der Waals surface area contributed by atoms with Crippen molar-refractivity contribution in [2.45, 2.75) is 13.0 Å². The number of hydrogen-bond donors (Lipinski definition) is 2. The number of halogens is 2. The Labute approximate surface area is 151 Å². The molecule has 0 saturated heterocycles. The molecule has 3 aromatic heterocycles. The Balaban J connectivity index is 1.94. The lowest BCUT2D eigenvalue weighted by molar-refractivity contribution is 0.822. The zero-order valence-electron chi connectivity index (χ0n) is 12.7. The molecule has 3 heterocycles. The van der Waals surface area contributed by atoms with Crippen LogP contribution in [0.2, 0.25) is 5.15 Å². The average Bonchev–Trinajstić information content (AvgIpc) is 3.09. The summed E-state index contributed by atoms with van der Waals surface area (Å²) in [5, 5.41) is 13.8. The molecule has 0 saturated carbocycles. The summed E-state index contributed by atoms with van der Waals surface area (Å²) in [6, 6.07) is 9.88. The van der Waals surface area contributed by atoms with E-state index in [2.05, 4.69) is 36.4 Å². The highest BCUT2D eigenvalue weighted by atomic mass is 79.9. The number of aromatic nitrogens is 4. The van der Waals surface area contributed by atoms with Gasteiger partial charge in [0.25, 0.3) is 0 Å². The number of benzene rings is 1. The predicted octanol–water partition coefficient (Wildman–Crippen LogP) is 5.10. The normalized spacial score (nSPS) is 12.6. The molecular formula is C17H13BrClN5. The first kappa shape index (κ1) is 15.4. The van der Waals surface area contributed by atoms with Gasteiger partial charge in [0.2, 0.25) is 0 Å². The highest BCUT2D eigenvalue weighted by Crippen LogP contribution is 2.35. The van der Waals surface area contributed by atoms with Crippen molar-refractivity contribution in [2.75, 3.05) is 5.32 Å². The Bertz CT molecular complexity index is 1030. The summed E-state index contributed by atoms with van der Waals surface area (Å²) in [5.74, 6) is 0.794. The molecule has 4 rings (SSSR count). The van der Waals surface area contributed by atoms with Crippen LogP contribution in [0.1, 0.15) is 18.7 Å². The van der Waals surface area contributed by atoms with Crippen molar-refractivity contribution in [1.82, 2.24) is 20.2 Å². The number of nitrogens with zero attached hydrogens (tertiary/aromatic N) is 3. The quantitative estimate of drug-likeness (QED) is 0.370. The van der Waals surface area contributed by atoms with Crippen molar-refractivity contribution in [2.24, 2.45) is 0 Å². The van der Waals surface area contributed by atoms with Crippen molar-refractivity contribution in [3.63, 3.8) is 0 Å². The molecule has 2 N–H and O–H groups in total. The Morgan fingerprint density at radius 2 is 2.08 bits per heavy atom. The van der Waals surface area contributed by atoms with Crippen LogP contribution < -0.4 is 5.32 Å². The Kier molecular flexibility index (Phi) is 3.86. The van der Waals surface area contributed by atoms with E-state index in [1.54, 1.807) is 6.20 Å². The maximum absolute atomic E-state index is 6.33. The fourth-order valence-corrected chi connectivity index (χ4v) is 3.40. The highest BCUT2D eigenvalue weighted by molar-refractivity contribution is 9.10. The summed E-state index contributed by atoms with van der Waals surface area (Å²) < 4.78 is 0.980. The first-order chi connectivity index (χ1) is 11.6. The molecule has 4 aromatic rings. The second-order valence-corrected chi connectivity index (χ2v) is 6.79. The van der Waals surface area contributed by atoms with E-state index in [1.165, 1.54) is 0 Å². The molecule has 0 fully saturated rings. The van der Waals surface area contributed by atoms with Crippen molar-refractivity contribution in [3.8, 4) is 0 Å². The van der Waals surface area contributed by atoms with E-state index in [0.717, 1.165) is 37.7 Å². The van der Waals surface area contributed by atoms with Crippen molar-refractivity contribution >= 4 is 55.0 Å². The molecule has 0 radical (unpaired) electrons. The number of hydrogen-bond acceptors (Lipinski definition) is 4. The third-order valence-corrected chi connectivity index (χ3v) is 4.72. The number of pyridine rings is 2. The molecular weight excluding hydrogens is 390 g/mol. The molecule has 24 heavy (non-hydrogen) atoms. The lowest BCUT2D eigenvalue weighted by Gasteiger charge is -2.16. The second kappa shape index (κ2) is 6.03. The molecule has 120 valence electrons. The van der Waals surface area contributed by atoms with Gasteiger partial charge < -0.3 is 5.32 Å². The third kappa shape index (κ3) is 2.61. The molecule has 7 heteroatoms. The number of rotatable bonds is 3. The molecule has 0 aliphatic heterocycles. The average molecular weight is 403 g/mol. The first-order valence-corrected chi connectivity index (χ1v) is 8.60. The zero-order valence-corrected chi connectivity index (χ0v) is 15.1. The zero-order chi connectivity index (χ0) is 16.7. The van der Waals surface area contributed by atoms with Crippen LogP contribution >= 0.6 is 27.5 Å². The Morgan fingerprint density at radius 3 is 2.88 bits per heavy atom. The van der Waals surface area contributed by atoms with Crippen LogP contribution in [0.4, 0.5) is 5.82 Å². The molecule has 0 aliphatic carbocycles. The summed E-state index contributed by atoms with van der Waals surface area (Å²) in [6.45, 7) is 2.05. The van der Waals surface area contributed by atoms with Crippen LogP contribution in [0, 0.1) is 0 Å². The van der Waals surface area contributed by atoms with E-state index < -0.39 is 0 Å². The van der Waals surface area contributed by atoms with Crippen molar-refractivity contribution in [3.05, 3.63) is 58.0 Å². The van der Waals surface area contributed by atoms with Gasteiger partial charge in [-0.25, -0.2) is 9.97 Å². The largest absolute Gasteiger partial charge is 0.361 e. The molecule has 1 unspecified atom stereocenters. The summed E-state index contributed by atoms with van der Waals surface area (Å²) in [4.78, 5) is 8.95. The van der Waals surface area contributed by atoms with Crippen LogP contribution in [-0.2, 0) is 0 Å². The van der Waals surface area contributed by atoms with Gasteiger partial charge in [-0.2, -0.15) is 5.10 Å². The number of aromatic amines is 1. The standard InChI is InChI=1S/C17H13BrClN5/c1-9(13-5-7-21-24-13)22-17-11-3-2-10(18)8-12(11)15-14(23-17)4-6-20-16(15)19/h2-9H,1H3,(H,21,24)(H,22,23). The van der Waals surface area contributed by atoms with Gasteiger partial charge in [-0.1, -0.05) is 27.5 Å². The third-order valence-electron chi connectivity index (χ3n) is 3.94. The molecule has 0 aliphatic rings. The lowest BCUT2D eigenvalue weighted by Crippen LogP contribution is -2.09. The van der Waals surface area contributed by atoms with Gasteiger partial charge in [0.15, 0.2) is 0 Å². The minimum atomic E-state index is 0.0188. The van der Waals surface area contributed by atoms with Crippen LogP contribution in [0.15, 0.2) is 47.2 Å². The number of fused-ring (bicyclic) bond motifs is 3. The minimum absolute atomic E-state index is 0.0188. The van der Waals surface area contributed by atoms with E-state index in [-0.39, 0.29) is 6.04 Å². The van der Waals surface area contributed by atoms with Crippen LogP contribution in [-0.4, -0.2) is 20.2 Å². The molecule has 1 atom stereocenters. The van der Waals surface area contributed by atoms with Crippen LogP contribution in [0.3, 0.4) is 0 Å². The van der Waals surface area contributed by atoms with E-state index in [0.29, 0.717) is 5.15 Å². The monoisotopic (exact) mass is 401 g/mol. The van der Waals surface area contributed by atoms with Gasteiger partial charge in [0.05, 0.1) is 17.3 Å². The maximum Gasteiger partial charge on any atom is 0.139 e. The first-order valence-electron chi connectivity index (χ1n) is 7.43. The van der Waals surface area contributed by atoms with E-state index >= 15 is 0 Å². The molecule has 5 nitrogen and oxygen atoms in total. The smallest absolute Gasteiger partial charge is 0.139 e. The highest BCUT2D eigenvalue weighted by Gasteiger charge is 2.15. The summed E-state index contributed by atoms with van der Waals surface area (Å²) in [6.07, 6.45) is 3.48. The SMILES string of the molecule is CC(Nc1nc2ccnc(Cl)c2c2cc(Br)ccc12)c1cc[nH]n1. The fraction of sp³-hybridized carbons (Fsp3) is 0.118. The topological polar surface area (TPSA) is 66.5 Å². The van der Waals surface area contributed by atoms with Crippen LogP contribution in [0.5, 0.6) is 0 Å². The summed E-state index contributed by atoms with van der Waals surface area (Å²) in [5.41, 5.74) is 1.73. The van der Waals surface area contributed by atoms with Gasteiger partial charge >= 0.3 is 0 Å². The maximum atomic E-state index is 6.33. The van der Waals surface area contributed by atoms with E-state index in [9.17, 15) is 0 Å². The molecule has 0 bridgehead atoms. The van der Waals surface area contributed by atoms with Gasteiger partial charge in [-0.05, 0) is 42.6 Å². The number of nitrogens with one attached hydrogen (secondary N) is 2. The van der Waals surface area contributed by atoms with Gasteiger partial charge in [-0.15, -0.1) is 0 Å². The van der Waals surface area contributed by atoms with Crippen molar-refractivity contribution in [1.29, 1.82) is 0 Å². The van der Waals surface area contributed by atoms with Crippen molar-refractivity contribution < 1.29 is 0 Å². The van der Waals surface area contributed by atoms with E-state index in [4.69, 9.17) is 16.6 Å². The number of anilines is 1. The summed E-state index contributed by atoms with van der Waals surface area (Å²) in [7, 11) is 0. The minimum Gasteiger partial charge on any atom is -0.361 e. The van der Waals surface area contributed by atoms with Gasteiger partial charge in [-0.3, -0.25) is 5.10 Å².